The van der Waals surface area contributed by atoms with Gasteiger partial charge in [-0.2, -0.15) is 0 Å². The number of rotatable bonds is 0. The van der Waals surface area contributed by atoms with E-state index in [1.165, 1.54) is 8.02 Å². The van der Waals surface area contributed by atoms with Crippen molar-refractivity contribution < 1.29 is 0 Å². The molecule has 38 valence electrons. The predicted molar refractivity (Wildman–Crippen MR) is 49.4 cm³/mol. The summed E-state index contributed by atoms with van der Waals surface area (Å²) in [6.45, 7) is 0. The van der Waals surface area contributed by atoms with Gasteiger partial charge in [0.1, 0.15) is 0 Å². The van der Waals surface area contributed by atoms with Gasteiger partial charge in [0.15, 0.2) is 0 Å². The Hall–Kier alpha value is 2.09. The van der Waals surface area contributed by atoms with Gasteiger partial charge in [0.25, 0.3) is 0 Å². The molecule has 0 aliphatic rings. The minimum absolute atomic E-state index is 0. The summed E-state index contributed by atoms with van der Waals surface area (Å²) in [5.41, 5.74) is 0. The molecule has 0 spiro atoms. The largest absolute Gasteiger partial charge is 0.114 e. The van der Waals surface area contributed by atoms with Crippen molar-refractivity contribution in [2.24, 2.45) is 0 Å². The first-order valence-electron chi connectivity index (χ1n) is 0.289. The second-order valence-corrected chi connectivity index (χ2v) is 0. The molecule has 0 fully saturated rings. The molecule has 0 N–H and O–H groups in total. The fourth-order valence-electron chi connectivity index (χ4n) is 0. The zero-order valence-electron chi connectivity index (χ0n) is 2.34. The predicted octanol–water partition coefficient (Wildman–Crippen LogP) is 1.79. The molecule has 1 unspecified atom stereocenters. The first-order chi connectivity index (χ1) is 1.00. The molecule has 0 aromatic heterocycles. The van der Waals surface area contributed by atoms with E-state index in [0.717, 1.165) is 0 Å². The zero-order valence-corrected chi connectivity index (χ0v) is 9.71. The van der Waals surface area contributed by atoms with E-state index in [1.807, 2.05) is 0 Å². The number of hydrogen-bond donors (Lipinski definition) is 0. The Morgan fingerprint density at radius 3 is 0.800 bits per heavy atom. The Kier molecular flexibility index (Phi) is 199. The number of halogens is 3. The minimum atomic E-state index is 0. The topological polar surface area (TPSA) is 0 Å². The monoisotopic (exact) mass is 306 g/mol. The molecule has 0 amide bonds. The van der Waals surface area contributed by atoms with Crippen molar-refractivity contribution in [2.75, 3.05) is 0 Å². The summed E-state index contributed by atoms with van der Waals surface area (Å²) < 4.78 is 0. The van der Waals surface area contributed by atoms with E-state index in [1.54, 1.807) is 0 Å². The van der Waals surface area contributed by atoms with Gasteiger partial charge in [0, 0.05) is 0 Å². The van der Waals surface area contributed by atoms with Crippen LogP contribution in [-0.2, 0) is 11.8 Å². The van der Waals surface area contributed by atoms with Crippen LogP contribution in [0.4, 0.5) is 0 Å². The summed E-state index contributed by atoms with van der Waals surface area (Å²) >= 11 is 4.11. The molecule has 1 atom stereocenters. The van der Waals surface area contributed by atoms with E-state index in [4.69, 9.17) is 0 Å². The van der Waals surface area contributed by atoms with E-state index in [0.29, 0.717) is 0 Å². The maximum Gasteiger partial charge on any atom is -0.0810 e. The molecular weight excluding hydrogens is 303 g/mol. The van der Waals surface area contributed by atoms with Crippen LogP contribution in [0, 0.1) is 0 Å². The van der Waals surface area contributed by atoms with E-state index in [9.17, 15) is 0 Å². The lowest BCUT2D eigenvalue weighted by Crippen LogP contribution is -0.399. The summed E-state index contributed by atoms with van der Waals surface area (Å²) in [4.78, 5) is 0. The van der Waals surface area contributed by atoms with E-state index in [2.05, 4.69) is 11.8 Å². The van der Waals surface area contributed by atoms with Crippen LogP contribution in [-0.4, -0.2) is 0 Å². The van der Waals surface area contributed by atoms with Crippen LogP contribution in [0.5, 0.6) is 0 Å². The van der Waals surface area contributed by atoms with E-state index < -0.39 is 0 Å². The van der Waals surface area contributed by atoms with Gasteiger partial charge >= 0.3 is 0 Å². The summed E-state index contributed by atoms with van der Waals surface area (Å²) in [6, 6.07) is 0. The first-order valence-corrected chi connectivity index (χ1v) is 2.60. The third-order valence-corrected chi connectivity index (χ3v) is 0. The highest BCUT2D eigenvalue weighted by Crippen LogP contribution is 1.26. The van der Waals surface area contributed by atoms with Gasteiger partial charge in [0.2, 0.25) is 0 Å². The molecule has 0 aliphatic heterocycles. The van der Waals surface area contributed by atoms with Crippen LogP contribution >= 0.6 is 59.0 Å². The Morgan fingerprint density at radius 1 is 0.800 bits per heavy atom. The van der Waals surface area contributed by atoms with Gasteiger partial charge in [-0.25, -0.2) is 0 Å². The average Bonchev–Trinajstić information content (AvgIpc) is 1.00. The smallest absolute Gasteiger partial charge is 0.0810 e. The van der Waals surface area contributed by atoms with Crippen LogP contribution in [0.1, 0.15) is 0 Å². The van der Waals surface area contributed by atoms with Crippen LogP contribution < -0.4 is 0 Å². The molecule has 0 aliphatic carbocycles. The van der Waals surface area contributed by atoms with Crippen molar-refractivity contribution in [3.05, 3.63) is 0 Å². The molecule has 0 nitrogen and oxygen atoms in total. The van der Waals surface area contributed by atoms with E-state index >= 15 is 0 Å². The summed E-state index contributed by atoms with van der Waals surface area (Å²) in [5.74, 6) is 0. The highest BCUT2D eigenvalue weighted by Gasteiger charge is 0.613. The van der Waals surface area contributed by atoms with Crippen LogP contribution in [0.2, 0.25) is 0 Å². The fraction of sp³-hybridized carbons (Fsp3) is 0. The van der Waals surface area contributed by atoms with Crippen molar-refractivity contribution in [1.29, 1.82) is 0 Å². The lowest BCUT2D eigenvalue weighted by atomic mass is 30.6. The normalized spacial score (nSPS) is 1.60. The molecule has 0 saturated heterocycles. The molecule has 0 aromatic rings. The Labute approximate surface area is 70.3 Å². The third kappa shape index (κ3) is 23.3. The third-order valence-electron chi connectivity index (χ3n) is 0. The first kappa shape index (κ1) is 27.5. The second-order valence-electron chi connectivity index (χ2n) is 0. The molecule has 0 rings (SSSR count). The quantitative estimate of drug-likeness (QED) is 0.615. The molecule has 0 bridgehead atoms. The van der Waals surface area contributed by atoms with Gasteiger partial charge in [-0.3, -0.25) is 0 Å². The highest BCUT2D eigenvalue weighted by atomic mass is 79.9. The maximum absolute atomic E-state index is 4.11. The van der Waals surface area contributed by atoms with Crippen molar-refractivity contribution in [3.8, 4) is 0 Å². The maximum atomic E-state index is 4.11. The molecule has 5 heavy (non-hydrogen) atoms. The van der Waals surface area contributed by atoms with Crippen molar-refractivity contribution in [1.82, 2.24) is 0 Å². The molecule has 5 heteroatoms. The average molecular weight is 309 g/mol. The lowest BCUT2D eigenvalue weighted by molar-refractivity contribution is 6.40. The van der Waals surface area contributed by atoms with Crippen molar-refractivity contribution in [2.45, 2.75) is 0 Å². The molecular formula is H6Br3PS. The molecule has 0 saturated carbocycles. The SMILES string of the molecule is Br.Br.Br.[PH3]=S. The van der Waals surface area contributed by atoms with Crippen molar-refractivity contribution in [3.63, 3.8) is 0 Å². The Balaban J connectivity index is -0.00000000167. The standard InChI is InChI=1S/3BrH.H3PS/c;;;1-2/h3*1H;1H3. The summed E-state index contributed by atoms with van der Waals surface area (Å²) in [7, 11) is 1.44. The van der Waals surface area contributed by atoms with Gasteiger partial charge < -0.3 is 0 Å². The van der Waals surface area contributed by atoms with Gasteiger partial charge in [-0.15, -0.1) is 62.8 Å². The summed E-state index contributed by atoms with van der Waals surface area (Å²) in [6.07, 6.45) is 0. The molecule has 0 aromatic carbocycles. The van der Waals surface area contributed by atoms with Gasteiger partial charge in [-0.1, -0.05) is 8.02 Å². The Morgan fingerprint density at radius 2 is 0.800 bits per heavy atom. The van der Waals surface area contributed by atoms with Gasteiger partial charge in [-0.05, 0) is 0 Å². The van der Waals surface area contributed by atoms with Crippen molar-refractivity contribution >= 4 is 70.8 Å². The van der Waals surface area contributed by atoms with Gasteiger partial charge in [0.05, 0.1) is 0 Å². The zero-order chi connectivity index (χ0) is 2.00. The fourth-order valence-corrected chi connectivity index (χ4v) is 0. The minimum Gasteiger partial charge on any atom is -0.114 e. The molecule has 0 radical (unpaired) electrons. The highest BCUT2D eigenvalue weighted by molar-refractivity contribution is 8.93. The second kappa shape index (κ2) is 36.1. The van der Waals surface area contributed by atoms with E-state index in [-0.39, 0.29) is 50.9 Å². The lowest BCUT2D eigenvalue weighted by Gasteiger charge is -0.802. The van der Waals surface area contributed by atoms with Crippen LogP contribution in [0.3, 0.4) is 0 Å². The summed E-state index contributed by atoms with van der Waals surface area (Å²) in [5, 5.41) is 0. The van der Waals surface area contributed by atoms with Crippen LogP contribution in [0.25, 0.3) is 0 Å². The number of hydrogen-bond acceptors (Lipinski definition) is 1. The van der Waals surface area contributed by atoms with Crippen LogP contribution in [0.15, 0.2) is 0 Å². The molecule has 0 heterocycles. The Bertz CT molecular complexity index is 6.85.